The Morgan fingerprint density at radius 2 is 1.80 bits per heavy atom. The number of hydrogen-bond donors (Lipinski definition) is 0. The number of hydrogen-bond acceptors (Lipinski definition) is 5. The van der Waals surface area contributed by atoms with Gasteiger partial charge in [-0.1, -0.05) is 30.7 Å². The summed E-state index contributed by atoms with van der Waals surface area (Å²) in [7, 11) is 1.35. The standard InChI is InChI=1S/C30H34ClF4NO4/c1-17(28(37)38-3)25(19-4-5-19)22-8-6-20-10-11-29(40-27(20)26(22)32)12-14-36(15-13-29)18(2)23-16-21(31)7-9-24(23)39-30(33,34)35/h6-9,16-19,25H,4-5,10-15H2,1-3H3. The summed E-state index contributed by atoms with van der Waals surface area (Å²) in [4.78, 5) is 14.4. The van der Waals surface area contributed by atoms with Crippen LogP contribution in [0.1, 0.15) is 74.6 Å². The molecule has 3 aliphatic rings. The summed E-state index contributed by atoms with van der Waals surface area (Å²) in [5, 5.41) is 0.328. The quantitative estimate of drug-likeness (QED) is 0.248. The number of fused-ring (bicyclic) bond motifs is 1. The molecule has 0 radical (unpaired) electrons. The molecular weight excluding hydrogens is 550 g/mol. The van der Waals surface area contributed by atoms with E-state index in [1.807, 2.05) is 13.0 Å². The Labute approximate surface area is 236 Å². The highest BCUT2D eigenvalue weighted by Crippen LogP contribution is 2.50. The van der Waals surface area contributed by atoms with E-state index in [4.69, 9.17) is 21.1 Å². The number of carbonyl (C=O) groups excluding carboxylic acids is 1. The van der Waals surface area contributed by atoms with Crippen molar-refractivity contribution in [2.45, 2.75) is 76.3 Å². The second kappa shape index (κ2) is 11.0. The van der Waals surface area contributed by atoms with Gasteiger partial charge in [-0.05, 0) is 80.7 Å². The SMILES string of the molecule is COC(=O)C(C)C(c1ccc2c(c1F)OC1(CC2)CCN(C(C)c2cc(Cl)ccc2OC(F)(F)F)CC1)C1CC1. The molecule has 40 heavy (non-hydrogen) atoms. The van der Waals surface area contributed by atoms with Crippen LogP contribution in [0.4, 0.5) is 17.6 Å². The first-order chi connectivity index (χ1) is 18.9. The lowest BCUT2D eigenvalue weighted by molar-refractivity contribution is -0.275. The van der Waals surface area contributed by atoms with Crippen LogP contribution in [-0.2, 0) is 16.0 Å². The average Bonchev–Trinajstić information content (AvgIpc) is 3.75. The molecule has 3 unspecified atom stereocenters. The monoisotopic (exact) mass is 583 g/mol. The maximum absolute atomic E-state index is 16.1. The second-order valence-corrected chi connectivity index (χ2v) is 11.8. The van der Waals surface area contributed by atoms with E-state index in [1.165, 1.54) is 25.3 Å². The van der Waals surface area contributed by atoms with Gasteiger partial charge >= 0.3 is 12.3 Å². The summed E-state index contributed by atoms with van der Waals surface area (Å²) >= 11 is 6.12. The zero-order valence-electron chi connectivity index (χ0n) is 22.8. The number of aryl methyl sites for hydroxylation is 1. The van der Waals surface area contributed by atoms with E-state index < -0.39 is 23.7 Å². The van der Waals surface area contributed by atoms with Crippen LogP contribution >= 0.6 is 11.6 Å². The molecule has 218 valence electrons. The van der Waals surface area contributed by atoms with Crippen LogP contribution in [0.3, 0.4) is 0 Å². The minimum atomic E-state index is -4.81. The van der Waals surface area contributed by atoms with Gasteiger partial charge in [0, 0.05) is 35.6 Å². The Hall–Kier alpha value is -2.52. The summed E-state index contributed by atoms with van der Waals surface area (Å²) < 4.78 is 70.8. The number of halogens is 5. The highest BCUT2D eigenvalue weighted by atomic mass is 35.5. The van der Waals surface area contributed by atoms with Crippen molar-refractivity contribution >= 4 is 17.6 Å². The first-order valence-electron chi connectivity index (χ1n) is 13.8. The van der Waals surface area contributed by atoms with Gasteiger partial charge in [-0.15, -0.1) is 13.2 Å². The Morgan fingerprint density at radius 3 is 2.42 bits per heavy atom. The van der Waals surface area contributed by atoms with Crippen LogP contribution in [0, 0.1) is 17.7 Å². The van der Waals surface area contributed by atoms with E-state index in [2.05, 4.69) is 9.64 Å². The number of benzene rings is 2. The van der Waals surface area contributed by atoms with Gasteiger partial charge in [-0.3, -0.25) is 9.69 Å². The van der Waals surface area contributed by atoms with Gasteiger partial charge in [0.05, 0.1) is 13.0 Å². The first-order valence-corrected chi connectivity index (χ1v) is 14.2. The number of nitrogens with zero attached hydrogens (tertiary/aromatic N) is 1. The summed E-state index contributed by atoms with van der Waals surface area (Å²) in [6.45, 7) is 4.73. The maximum atomic E-state index is 16.1. The van der Waals surface area contributed by atoms with Crippen molar-refractivity contribution in [3.05, 3.63) is 57.9 Å². The number of alkyl halides is 3. The summed E-state index contributed by atoms with van der Waals surface area (Å²) in [5.74, 6) is -1.25. The van der Waals surface area contributed by atoms with Gasteiger partial charge in [-0.2, -0.15) is 0 Å². The smallest absolute Gasteiger partial charge is 0.484 e. The molecule has 1 saturated carbocycles. The minimum Gasteiger partial charge on any atom is -0.484 e. The van der Waals surface area contributed by atoms with Crippen molar-refractivity contribution < 1.29 is 36.6 Å². The second-order valence-electron chi connectivity index (χ2n) is 11.4. The lowest BCUT2D eigenvalue weighted by Gasteiger charge is -2.46. The van der Waals surface area contributed by atoms with Crippen LogP contribution < -0.4 is 9.47 Å². The number of esters is 1. The molecular formula is C30H34ClF4NO4. The van der Waals surface area contributed by atoms with E-state index in [-0.39, 0.29) is 35.3 Å². The fourth-order valence-electron chi connectivity index (χ4n) is 6.46. The van der Waals surface area contributed by atoms with Gasteiger partial charge in [0.1, 0.15) is 11.4 Å². The van der Waals surface area contributed by atoms with Gasteiger partial charge in [0.15, 0.2) is 11.6 Å². The molecule has 2 heterocycles. The van der Waals surface area contributed by atoms with Crippen molar-refractivity contribution in [3.63, 3.8) is 0 Å². The summed E-state index contributed by atoms with van der Waals surface area (Å²) in [6.07, 6.45) is -0.324. The maximum Gasteiger partial charge on any atom is 0.573 e. The van der Waals surface area contributed by atoms with Crippen LogP contribution in [0.5, 0.6) is 11.5 Å². The van der Waals surface area contributed by atoms with Gasteiger partial charge in [0.25, 0.3) is 0 Å². The van der Waals surface area contributed by atoms with E-state index in [0.717, 1.165) is 24.8 Å². The zero-order chi connectivity index (χ0) is 28.8. The van der Waals surface area contributed by atoms with E-state index in [9.17, 15) is 18.0 Å². The van der Waals surface area contributed by atoms with Crippen molar-refractivity contribution in [2.24, 2.45) is 11.8 Å². The van der Waals surface area contributed by atoms with Crippen LogP contribution in [-0.4, -0.2) is 43.0 Å². The number of carbonyl (C=O) groups is 1. The number of rotatable bonds is 7. The predicted octanol–water partition coefficient (Wildman–Crippen LogP) is 7.60. The van der Waals surface area contributed by atoms with Crippen LogP contribution in [0.2, 0.25) is 5.02 Å². The average molecular weight is 584 g/mol. The molecule has 2 fully saturated rings. The molecule has 2 aliphatic heterocycles. The fourth-order valence-corrected chi connectivity index (χ4v) is 6.64. The molecule has 0 N–H and O–H groups in total. The molecule has 2 aromatic carbocycles. The molecule has 3 atom stereocenters. The largest absolute Gasteiger partial charge is 0.573 e. The van der Waals surface area contributed by atoms with Crippen LogP contribution in [0.15, 0.2) is 30.3 Å². The first kappa shape index (κ1) is 29.0. The normalized spacial score (nSPS) is 21.2. The molecule has 10 heteroatoms. The number of methoxy groups -OCH3 is 1. The van der Waals surface area contributed by atoms with Gasteiger partial charge < -0.3 is 14.2 Å². The zero-order valence-corrected chi connectivity index (χ0v) is 23.6. The third kappa shape index (κ3) is 5.91. The minimum absolute atomic E-state index is 0.238. The van der Waals surface area contributed by atoms with Gasteiger partial charge in [-0.25, -0.2) is 4.39 Å². The number of piperidine rings is 1. The number of ether oxygens (including phenoxy) is 3. The Bertz CT molecular complexity index is 1260. The third-order valence-corrected chi connectivity index (χ3v) is 9.12. The lowest BCUT2D eigenvalue weighted by atomic mass is 9.79. The van der Waals surface area contributed by atoms with E-state index in [1.54, 1.807) is 13.0 Å². The molecule has 5 nitrogen and oxygen atoms in total. The Morgan fingerprint density at radius 1 is 1.10 bits per heavy atom. The molecule has 1 spiro atoms. The topological polar surface area (TPSA) is 48.0 Å². The van der Waals surface area contributed by atoms with Crippen molar-refractivity contribution in [2.75, 3.05) is 20.2 Å². The molecule has 5 rings (SSSR count). The predicted molar refractivity (Wildman–Crippen MR) is 142 cm³/mol. The summed E-state index contributed by atoms with van der Waals surface area (Å²) in [6, 6.07) is 7.45. The van der Waals surface area contributed by atoms with E-state index >= 15 is 4.39 Å². The Kier molecular flexibility index (Phi) is 8.00. The fraction of sp³-hybridized carbons (Fsp3) is 0.567. The van der Waals surface area contributed by atoms with Gasteiger partial charge in [0.2, 0.25) is 0 Å². The number of likely N-dealkylation sites (tertiary alicyclic amines) is 1. The molecule has 0 aromatic heterocycles. The lowest BCUT2D eigenvalue weighted by Crippen LogP contribution is -2.50. The van der Waals surface area contributed by atoms with E-state index in [0.29, 0.717) is 48.5 Å². The van der Waals surface area contributed by atoms with Crippen molar-refractivity contribution in [1.82, 2.24) is 4.90 Å². The molecule has 0 bridgehead atoms. The Balaban J connectivity index is 1.33. The third-order valence-electron chi connectivity index (χ3n) is 8.88. The summed E-state index contributed by atoms with van der Waals surface area (Å²) in [5.41, 5.74) is 1.11. The van der Waals surface area contributed by atoms with Crippen LogP contribution in [0.25, 0.3) is 0 Å². The van der Waals surface area contributed by atoms with Crippen molar-refractivity contribution in [1.29, 1.82) is 0 Å². The molecule has 2 aromatic rings. The van der Waals surface area contributed by atoms with Crippen molar-refractivity contribution in [3.8, 4) is 11.5 Å². The molecule has 1 saturated heterocycles. The highest BCUT2D eigenvalue weighted by molar-refractivity contribution is 6.30. The molecule has 1 aliphatic carbocycles. The molecule has 0 amide bonds. The highest BCUT2D eigenvalue weighted by Gasteiger charge is 2.45.